The minimum absolute atomic E-state index is 0.0121. The maximum atomic E-state index is 13.4. The molecule has 0 radical (unpaired) electrons. The van der Waals surface area contributed by atoms with E-state index in [-0.39, 0.29) is 29.7 Å². The van der Waals surface area contributed by atoms with E-state index in [4.69, 9.17) is 9.15 Å². The van der Waals surface area contributed by atoms with Gasteiger partial charge < -0.3 is 19.0 Å². The molecule has 1 saturated heterocycles. The Morgan fingerprint density at radius 2 is 1.84 bits per heavy atom. The molecule has 2 fully saturated rings. The first kappa shape index (κ1) is 29.4. The first-order valence-corrected chi connectivity index (χ1v) is 14.5. The second kappa shape index (κ2) is 13.6. The number of carbonyl (C=O) groups is 3. The van der Waals surface area contributed by atoms with Crippen LogP contribution in [0.1, 0.15) is 83.8 Å². The predicted molar refractivity (Wildman–Crippen MR) is 142 cm³/mol. The van der Waals surface area contributed by atoms with Crippen molar-refractivity contribution in [2.24, 2.45) is 5.92 Å². The molecular weight excluding hydrogens is 494 g/mol. The highest BCUT2D eigenvalue weighted by molar-refractivity contribution is 7.99. The van der Waals surface area contributed by atoms with E-state index in [2.05, 4.69) is 15.1 Å². The summed E-state index contributed by atoms with van der Waals surface area (Å²) in [6.07, 6.45) is 6.52. The molecule has 37 heavy (non-hydrogen) atoms. The third-order valence-corrected chi connectivity index (χ3v) is 7.96. The van der Waals surface area contributed by atoms with Crippen molar-refractivity contribution in [3.63, 3.8) is 0 Å². The van der Waals surface area contributed by atoms with E-state index >= 15 is 0 Å². The molecule has 2 atom stereocenters. The zero-order chi connectivity index (χ0) is 27.0. The van der Waals surface area contributed by atoms with E-state index in [1.807, 2.05) is 34.6 Å². The number of hydrogen-bond donors (Lipinski definition) is 0. The van der Waals surface area contributed by atoms with E-state index in [0.717, 1.165) is 63.9 Å². The van der Waals surface area contributed by atoms with Crippen molar-refractivity contribution in [1.82, 2.24) is 24.9 Å². The molecule has 1 aliphatic heterocycles. The molecular formula is C26H43N5O5S. The minimum atomic E-state index is -0.592. The van der Waals surface area contributed by atoms with Crippen LogP contribution in [0, 0.1) is 5.92 Å². The second-order valence-electron chi connectivity index (χ2n) is 11.1. The average Bonchev–Trinajstić information content (AvgIpc) is 3.35. The number of hydrogen-bond acceptors (Lipinski definition) is 9. The van der Waals surface area contributed by atoms with Crippen LogP contribution in [-0.2, 0) is 9.53 Å². The highest BCUT2D eigenvalue weighted by Gasteiger charge is 2.37. The van der Waals surface area contributed by atoms with E-state index in [0.29, 0.717) is 18.3 Å². The molecule has 1 saturated carbocycles. The fourth-order valence-corrected chi connectivity index (χ4v) is 5.67. The fraction of sp³-hybridized carbons (Fsp3) is 0.808. The highest BCUT2D eigenvalue weighted by atomic mass is 32.2. The monoisotopic (exact) mass is 537 g/mol. The fourth-order valence-electron chi connectivity index (χ4n) is 4.91. The molecule has 0 bridgehead atoms. The van der Waals surface area contributed by atoms with Gasteiger partial charge in [-0.3, -0.25) is 14.5 Å². The summed E-state index contributed by atoms with van der Waals surface area (Å²) in [6, 6.07) is -0.507. The molecule has 1 aromatic rings. The number of nitrogens with zero attached hydrogens (tertiary/aromatic N) is 5. The summed E-state index contributed by atoms with van der Waals surface area (Å²) in [4.78, 5) is 43.5. The molecule has 10 nitrogen and oxygen atoms in total. The van der Waals surface area contributed by atoms with Crippen LogP contribution in [-0.4, -0.2) is 99.3 Å². The Balaban J connectivity index is 1.51. The molecule has 1 aromatic heterocycles. The van der Waals surface area contributed by atoms with Gasteiger partial charge in [0, 0.05) is 44.5 Å². The molecule has 2 amide bonds. The first-order valence-electron chi connectivity index (χ1n) is 13.6. The van der Waals surface area contributed by atoms with Crippen molar-refractivity contribution >= 4 is 30.0 Å². The van der Waals surface area contributed by atoms with Crippen molar-refractivity contribution in [1.29, 1.82) is 0 Å². The van der Waals surface area contributed by atoms with Gasteiger partial charge >= 0.3 is 6.09 Å². The van der Waals surface area contributed by atoms with Gasteiger partial charge in [0.05, 0.1) is 0 Å². The maximum absolute atomic E-state index is 13.4. The van der Waals surface area contributed by atoms with Crippen LogP contribution in [0.4, 0.5) is 4.79 Å². The number of piperazine rings is 1. The summed E-state index contributed by atoms with van der Waals surface area (Å²) >= 11 is 1.41. The first-order chi connectivity index (χ1) is 17.6. The lowest BCUT2D eigenvalue weighted by molar-refractivity contribution is -0.123. The third kappa shape index (κ3) is 8.43. The van der Waals surface area contributed by atoms with Gasteiger partial charge in [-0.05, 0) is 39.5 Å². The van der Waals surface area contributed by atoms with Crippen LogP contribution in [0.25, 0.3) is 0 Å². The van der Waals surface area contributed by atoms with Gasteiger partial charge in [0.1, 0.15) is 11.6 Å². The number of carbonyl (C=O) groups excluding carboxylic acids is 3. The lowest BCUT2D eigenvalue weighted by atomic mass is 9.88. The van der Waals surface area contributed by atoms with Crippen LogP contribution in [0.15, 0.2) is 9.64 Å². The second-order valence-corrected chi connectivity index (χ2v) is 12.1. The molecule has 2 aliphatic rings. The van der Waals surface area contributed by atoms with Crippen LogP contribution in [0.5, 0.6) is 0 Å². The molecule has 208 valence electrons. The van der Waals surface area contributed by atoms with Crippen molar-refractivity contribution in [2.75, 3.05) is 38.5 Å². The molecule has 2 unspecified atom stereocenters. The lowest BCUT2D eigenvalue weighted by Gasteiger charge is -2.38. The molecule has 2 heterocycles. The van der Waals surface area contributed by atoms with E-state index in [1.165, 1.54) is 18.2 Å². The number of thioether (sulfide) groups is 1. The Bertz CT molecular complexity index is 890. The third-order valence-electron chi connectivity index (χ3n) is 7.17. The SMILES string of the molecule is CCC(C)C(C(=O)c1nnc(SCCN2CCN(C(=O)OC(C)(C)C)CC2)o1)N(C=O)C1CCCCC1. The Morgan fingerprint density at radius 3 is 2.43 bits per heavy atom. The Labute approximate surface area is 224 Å². The Morgan fingerprint density at radius 1 is 1.16 bits per heavy atom. The summed E-state index contributed by atoms with van der Waals surface area (Å²) in [6.45, 7) is 13.2. The maximum Gasteiger partial charge on any atom is 0.410 e. The topological polar surface area (TPSA) is 109 Å². The molecule has 11 heteroatoms. The smallest absolute Gasteiger partial charge is 0.410 e. The molecule has 1 aliphatic carbocycles. The van der Waals surface area contributed by atoms with Gasteiger partial charge in [0.2, 0.25) is 12.2 Å². The van der Waals surface area contributed by atoms with Crippen LogP contribution >= 0.6 is 11.8 Å². The summed E-state index contributed by atoms with van der Waals surface area (Å²) in [5, 5.41) is 8.48. The summed E-state index contributed by atoms with van der Waals surface area (Å²) in [7, 11) is 0. The number of ether oxygens (including phenoxy) is 1. The lowest BCUT2D eigenvalue weighted by Crippen LogP contribution is -2.50. The zero-order valence-electron chi connectivity index (χ0n) is 23.0. The van der Waals surface area contributed by atoms with E-state index < -0.39 is 11.6 Å². The van der Waals surface area contributed by atoms with Gasteiger partial charge in [-0.15, -0.1) is 10.2 Å². The average molecular weight is 538 g/mol. The standard InChI is InChI=1S/C26H43N5O5S/c1-6-19(2)21(31(18-32)20-10-8-7-9-11-20)22(33)23-27-28-24(35-23)37-17-16-29-12-14-30(15-13-29)25(34)36-26(3,4)5/h18-21H,6-17H2,1-5H3. The van der Waals surface area contributed by atoms with Crippen molar-refractivity contribution in [2.45, 2.75) is 96.1 Å². The van der Waals surface area contributed by atoms with Crippen molar-refractivity contribution in [3.8, 4) is 0 Å². The normalized spacial score (nSPS) is 19.3. The molecule has 0 spiro atoms. The summed E-state index contributed by atoms with van der Waals surface area (Å²) in [5.74, 6) is 0.410. The largest absolute Gasteiger partial charge is 0.444 e. The summed E-state index contributed by atoms with van der Waals surface area (Å²) < 4.78 is 11.2. The van der Waals surface area contributed by atoms with Crippen molar-refractivity contribution in [3.05, 3.63) is 5.89 Å². The zero-order valence-corrected chi connectivity index (χ0v) is 23.8. The highest BCUT2D eigenvalue weighted by Crippen LogP contribution is 2.28. The van der Waals surface area contributed by atoms with Gasteiger partial charge in [-0.1, -0.05) is 51.3 Å². The Hall–Kier alpha value is -2.14. The van der Waals surface area contributed by atoms with E-state index in [9.17, 15) is 14.4 Å². The van der Waals surface area contributed by atoms with Gasteiger partial charge in [-0.2, -0.15) is 0 Å². The molecule has 0 N–H and O–H groups in total. The molecule has 0 aromatic carbocycles. The predicted octanol–water partition coefficient (Wildman–Crippen LogP) is 4.10. The van der Waals surface area contributed by atoms with Gasteiger partial charge in [-0.25, -0.2) is 4.79 Å². The summed E-state index contributed by atoms with van der Waals surface area (Å²) in [5.41, 5.74) is -0.495. The van der Waals surface area contributed by atoms with Crippen molar-refractivity contribution < 1.29 is 23.5 Å². The number of ketones is 1. The van der Waals surface area contributed by atoms with E-state index in [1.54, 1.807) is 9.80 Å². The number of Topliss-reactive ketones (excluding diaryl/α,β-unsaturated/α-hetero) is 1. The van der Waals surface area contributed by atoms with Gasteiger partial charge in [0.25, 0.3) is 11.1 Å². The van der Waals surface area contributed by atoms with Crippen LogP contribution in [0.3, 0.4) is 0 Å². The Kier molecular flexibility index (Phi) is 10.8. The van der Waals surface area contributed by atoms with Crippen LogP contribution in [0.2, 0.25) is 0 Å². The molecule has 3 rings (SSSR count). The van der Waals surface area contributed by atoms with Gasteiger partial charge in [0.15, 0.2) is 0 Å². The quantitative estimate of drug-likeness (QED) is 0.234. The number of amides is 2. The number of aromatic nitrogens is 2. The number of rotatable bonds is 11. The van der Waals surface area contributed by atoms with Crippen LogP contribution < -0.4 is 0 Å². The minimum Gasteiger partial charge on any atom is -0.444 e.